The molecule has 0 saturated heterocycles. The summed E-state index contributed by atoms with van der Waals surface area (Å²) in [6.07, 6.45) is 1.72. The molecule has 0 fully saturated rings. The zero-order chi connectivity index (χ0) is 14.3. The molecule has 0 heterocycles. The Labute approximate surface area is 110 Å². The van der Waals surface area contributed by atoms with Crippen molar-refractivity contribution in [1.82, 2.24) is 10.2 Å². The van der Waals surface area contributed by atoms with Gasteiger partial charge in [0.25, 0.3) is 0 Å². The number of carboxylic acids is 1. The van der Waals surface area contributed by atoms with Gasteiger partial charge in [0.2, 0.25) is 0 Å². The topological polar surface area (TPSA) is 69.6 Å². The second-order valence-electron chi connectivity index (χ2n) is 5.57. The van der Waals surface area contributed by atoms with E-state index in [2.05, 4.69) is 5.32 Å². The standard InChI is InChI=1S/C13H26N2O3/c1-6-8-15(9-7-2)12(18)14-10(11(16)17)13(3,4)5/h10H,6-9H2,1-5H3,(H,14,18)(H,16,17). The predicted octanol–water partition coefficient (Wildman–Crippen LogP) is 2.32. The Morgan fingerprint density at radius 2 is 1.61 bits per heavy atom. The molecular formula is C13H26N2O3. The summed E-state index contributed by atoms with van der Waals surface area (Å²) < 4.78 is 0. The van der Waals surface area contributed by atoms with E-state index in [-0.39, 0.29) is 6.03 Å². The van der Waals surface area contributed by atoms with Crippen LogP contribution in [0.2, 0.25) is 0 Å². The summed E-state index contributed by atoms with van der Waals surface area (Å²) >= 11 is 0. The van der Waals surface area contributed by atoms with Crippen molar-refractivity contribution in [2.45, 2.75) is 53.5 Å². The first-order valence-electron chi connectivity index (χ1n) is 6.52. The maximum atomic E-state index is 12.0. The highest BCUT2D eigenvalue weighted by Gasteiger charge is 2.33. The molecule has 0 saturated carbocycles. The molecular weight excluding hydrogens is 232 g/mol. The number of hydrogen-bond acceptors (Lipinski definition) is 2. The van der Waals surface area contributed by atoms with Crippen molar-refractivity contribution in [2.24, 2.45) is 5.41 Å². The molecule has 106 valence electrons. The number of hydrogen-bond donors (Lipinski definition) is 2. The van der Waals surface area contributed by atoms with Gasteiger partial charge in [-0.1, -0.05) is 34.6 Å². The van der Waals surface area contributed by atoms with Crippen LogP contribution >= 0.6 is 0 Å². The Morgan fingerprint density at radius 1 is 1.17 bits per heavy atom. The Hall–Kier alpha value is -1.26. The van der Waals surface area contributed by atoms with E-state index in [1.54, 1.807) is 25.7 Å². The van der Waals surface area contributed by atoms with E-state index in [9.17, 15) is 9.59 Å². The molecule has 0 aromatic carbocycles. The van der Waals surface area contributed by atoms with Crippen molar-refractivity contribution in [3.63, 3.8) is 0 Å². The molecule has 0 bridgehead atoms. The molecule has 0 aliphatic heterocycles. The lowest BCUT2D eigenvalue weighted by atomic mass is 9.87. The Balaban J connectivity index is 4.71. The van der Waals surface area contributed by atoms with Crippen LogP contribution in [0.15, 0.2) is 0 Å². The summed E-state index contributed by atoms with van der Waals surface area (Å²) in [6, 6.07) is -1.16. The van der Waals surface area contributed by atoms with E-state index in [4.69, 9.17) is 5.11 Å². The zero-order valence-electron chi connectivity index (χ0n) is 12.1. The molecule has 2 N–H and O–H groups in total. The predicted molar refractivity (Wildman–Crippen MR) is 71.6 cm³/mol. The van der Waals surface area contributed by atoms with Crippen molar-refractivity contribution >= 4 is 12.0 Å². The molecule has 1 atom stereocenters. The highest BCUT2D eigenvalue weighted by Crippen LogP contribution is 2.19. The number of nitrogens with one attached hydrogen (secondary N) is 1. The first-order chi connectivity index (χ1) is 8.23. The summed E-state index contributed by atoms with van der Waals surface area (Å²) in [5.74, 6) is -0.996. The summed E-state index contributed by atoms with van der Waals surface area (Å²) in [5.41, 5.74) is -0.508. The van der Waals surface area contributed by atoms with E-state index in [0.29, 0.717) is 13.1 Å². The lowest BCUT2D eigenvalue weighted by Crippen LogP contribution is -2.53. The van der Waals surface area contributed by atoms with Crippen molar-refractivity contribution in [1.29, 1.82) is 0 Å². The first kappa shape index (κ1) is 16.7. The Morgan fingerprint density at radius 3 is 1.89 bits per heavy atom. The van der Waals surface area contributed by atoms with Gasteiger partial charge in [0.15, 0.2) is 0 Å². The van der Waals surface area contributed by atoms with Crippen LogP contribution in [0.4, 0.5) is 4.79 Å². The van der Waals surface area contributed by atoms with Crippen molar-refractivity contribution < 1.29 is 14.7 Å². The van der Waals surface area contributed by atoms with E-state index in [0.717, 1.165) is 12.8 Å². The van der Waals surface area contributed by atoms with E-state index in [1.807, 2.05) is 13.8 Å². The third-order valence-corrected chi connectivity index (χ3v) is 2.66. The second kappa shape index (κ2) is 7.24. The number of urea groups is 1. The van der Waals surface area contributed by atoms with Crippen LogP contribution in [0.1, 0.15) is 47.5 Å². The smallest absolute Gasteiger partial charge is 0.326 e. The van der Waals surface area contributed by atoms with Crippen LogP contribution < -0.4 is 5.32 Å². The molecule has 18 heavy (non-hydrogen) atoms. The van der Waals surface area contributed by atoms with Gasteiger partial charge in [0.1, 0.15) is 6.04 Å². The highest BCUT2D eigenvalue weighted by atomic mass is 16.4. The molecule has 0 rings (SSSR count). The lowest BCUT2D eigenvalue weighted by molar-refractivity contribution is -0.142. The molecule has 0 aromatic rings. The van der Waals surface area contributed by atoms with Gasteiger partial charge in [-0.3, -0.25) is 0 Å². The minimum Gasteiger partial charge on any atom is -0.480 e. The molecule has 5 nitrogen and oxygen atoms in total. The fourth-order valence-corrected chi connectivity index (χ4v) is 1.72. The number of carboxylic acid groups (broad SMARTS) is 1. The monoisotopic (exact) mass is 258 g/mol. The average Bonchev–Trinajstić information content (AvgIpc) is 2.23. The Bertz CT molecular complexity index is 278. The number of carbonyl (C=O) groups excluding carboxylic acids is 1. The number of carbonyl (C=O) groups is 2. The van der Waals surface area contributed by atoms with Gasteiger partial charge < -0.3 is 15.3 Å². The van der Waals surface area contributed by atoms with Crippen LogP contribution in [0.25, 0.3) is 0 Å². The van der Waals surface area contributed by atoms with Gasteiger partial charge in [-0.25, -0.2) is 9.59 Å². The van der Waals surface area contributed by atoms with Gasteiger partial charge in [-0.05, 0) is 18.3 Å². The van der Waals surface area contributed by atoms with Gasteiger partial charge >= 0.3 is 12.0 Å². The van der Waals surface area contributed by atoms with Gasteiger partial charge in [0.05, 0.1) is 0 Å². The van der Waals surface area contributed by atoms with Crippen LogP contribution in [0.3, 0.4) is 0 Å². The third-order valence-electron chi connectivity index (χ3n) is 2.66. The number of amides is 2. The molecule has 0 aliphatic rings. The third kappa shape index (κ3) is 5.38. The summed E-state index contributed by atoms with van der Waals surface area (Å²) in [4.78, 5) is 24.9. The van der Waals surface area contributed by atoms with Crippen LogP contribution in [-0.2, 0) is 4.79 Å². The summed E-state index contributed by atoms with van der Waals surface area (Å²) in [7, 11) is 0. The van der Waals surface area contributed by atoms with Gasteiger partial charge in [-0.15, -0.1) is 0 Å². The van der Waals surface area contributed by atoms with E-state index >= 15 is 0 Å². The number of aliphatic carboxylic acids is 1. The van der Waals surface area contributed by atoms with E-state index < -0.39 is 17.4 Å². The molecule has 5 heteroatoms. The second-order valence-corrected chi connectivity index (χ2v) is 5.57. The molecule has 0 radical (unpaired) electrons. The molecule has 2 amide bonds. The fourth-order valence-electron chi connectivity index (χ4n) is 1.72. The zero-order valence-corrected chi connectivity index (χ0v) is 12.1. The van der Waals surface area contributed by atoms with Crippen molar-refractivity contribution in [3.05, 3.63) is 0 Å². The molecule has 1 unspecified atom stereocenters. The van der Waals surface area contributed by atoms with Crippen LogP contribution in [0, 0.1) is 5.41 Å². The SMILES string of the molecule is CCCN(CCC)C(=O)NC(C(=O)O)C(C)(C)C. The maximum Gasteiger partial charge on any atom is 0.326 e. The molecule has 0 aliphatic carbocycles. The molecule has 0 spiro atoms. The lowest BCUT2D eigenvalue weighted by Gasteiger charge is -2.31. The number of nitrogens with zero attached hydrogens (tertiary/aromatic N) is 1. The molecule has 0 aromatic heterocycles. The van der Waals surface area contributed by atoms with E-state index in [1.165, 1.54) is 0 Å². The first-order valence-corrected chi connectivity index (χ1v) is 6.52. The van der Waals surface area contributed by atoms with Crippen LogP contribution in [0.5, 0.6) is 0 Å². The number of rotatable bonds is 6. The largest absolute Gasteiger partial charge is 0.480 e. The summed E-state index contributed by atoms with van der Waals surface area (Å²) in [6.45, 7) is 10.7. The van der Waals surface area contributed by atoms with Gasteiger partial charge in [0, 0.05) is 13.1 Å². The van der Waals surface area contributed by atoms with Gasteiger partial charge in [-0.2, -0.15) is 0 Å². The minimum absolute atomic E-state index is 0.291. The van der Waals surface area contributed by atoms with Crippen molar-refractivity contribution in [3.8, 4) is 0 Å². The maximum absolute atomic E-state index is 12.0. The van der Waals surface area contributed by atoms with Crippen molar-refractivity contribution in [2.75, 3.05) is 13.1 Å². The normalized spacial score (nSPS) is 12.9. The minimum atomic E-state index is -0.996. The Kier molecular flexibility index (Phi) is 6.73. The highest BCUT2D eigenvalue weighted by molar-refractivity contribution is 5.83. The fraction of sp³-hybridized carbons (Fsp3) is 0.846. The quantitative estimate of drug-likeness (QED) is 0.768. The van der Waals surface area contributed by atoms with Crippen LogP contribution in [-0.4, -0.2) is 41.1 Å². The summed E-state index contributed by atoms with van der Waals surface area (Å²) in [5, 5.41) is 11.8. The average molecular weight is 258 g/mol.